The molecular weight excluding hydrogens is 238 g/mol. The van der Waals surface area contributed by atoms with E-state index in [4.69, 9.17) is 0 Å². The average Bonchev–Trinajstić information content (AvgIpc) is 2.55. The zero-order valence-electron chi connectivity index (χ0n) is 13.0. The predicted octanol–water partition coefficient (Wildman–Crippen LogP) is 1.52. The van der Waals surface area contributed by atoms with Crippen LogP contribution in [0.3, 0.4) is 0 Å². The minimum Gasteiger partial charge on any atom is -0.323 e. The molecule has 0 aromatic carbocycles. The third-order valence-electron chi connectivity index (χ3n) is 4.54. The Labute approximate surface area is 117 Å². The van der Waals surface area contributed by atoms with Gasteiger partial charge in [0.2, 0.25) is 5.91 Å². The summed E-state index contributed by atoms with van der Waals surface area (Å²) in [7, 11) is 2.17. The van der Waals surface area contributed by atoms with Crippen molar-refractivity contribution in [3.63, 3.8) is 0 Å². The topological polar surface area (TPSA) is 35.6 Å². The van der Waals surface area contributed by atoms with E-state index in [0.29, 0.717) is 23.8 Å². The molecular formula is C15H29N3O. The van der Waals surface area contributed by atoms with Gasteiger partial charge in [0.05, 0.1) is 12.2 Å². The quantitative estimate of drug-likeness (QED) is 0.842. The first-order valence-corrected chi connectivity index (χ1v) is 7.67. The third-order valence-corrected chi connectivity index (χ3v) is 4.54. The van der Waals surface area contributed by atoms with E-state index in [1.165, 1.54) is 0 Å². The van der Waals surface area contributed by atoms with Crippen LogP contribution in [-0.2, 0) is 4.79 Å². The largest absolute Gasteiger partial charge is 0.323 e. The zero-order chi connectivity index (χ0) is 14.2. The Morgan fingerprint density at radius 3 is 2.63 bits per heavy atom. The van der Waals surface area contributed by atoms with Crippen LogP contribution >= 0.6 is 0 Å². The molecule has 2 heterocycles. The van der Waals surface area contributed by atoms with Crippen LogP contribution in [0.5, 0.6) is 0 Å². The predicted molar refractivity (Wildman–Crippen MR) is 77.8 cm³/mol. The highest BCUT2D eigenvalue weighted by Gasteiger charge is 2.42. The number of likely N-dealkylation sites (tertiary alicyclic amines) is 1. The summed E-state index contributed by atoms with van der Waals surface area (Å²) in [6.07, 6.45) is 2.23. The average molecular weight is 267 g/mol. The maximum atomic E-state index is 12.6. The SMILES string of the molecule is CC(C)CC1NC(C)N(C2CCN(C)CC2C)C1=O. The number of piperidine rings is 1. The number of hydrogen-bond acceptors (Lipinski definition) is 3. The Bertz CT molecular complexity index is 331. The number of carbonyl (C=O) groups is 1. The van der Waals surface area contributed by atoms with Gasteiger partial charge in [0, 0.05) is 12.6 Å². The molecule has 19 heavy (non-hydrogen) atoms. The molecule has 2 rings (SSSR count). The Kier molecular flexibility index (Phi) is 4.51. The van der Waals surface area contributed by atoms with Crippen molar-refractivity contribution < 1.29 is 4.79 Å². The van der Waals surface area contributed by atoms with Gasteiger partial charge in [-0.05, 0) is 45.2 Å². The first-order chi connectivity index (χ1) is 8.90. The molecule has 4 nitrogen and oxygen atoms in total. The fraction of sp³-hybridized carbons (Fsp3) is 0.933. The molecule has 4 unspecified atom stereocenters. The van der Waals surface area contributed by atoms with Crippen molar-refractivity contribution in [2.24, 2.45) is 11.8 Å². The molecule has 0 aromatic rings. The van der Waals surface area contributed by atoms with Gasteiger partial charge in [0.25, 0.3) is 0 Å². The number of rotatable bonds is 3. The van der Waals surface area contributed by atoms with Crippen molar-refractivity contribution in [3.05, 3.63) is 0 Å². The van der Waals surface area contributed by atoms with E-state index in [1.54, 1.807) is 0 Å². The number of hydrogen-bond donors (Lipinski definition) is 1. The fourth-order valence-electron chi connectivity index (χ4n) is 3.66. The lowest BCUT2D eigenvalue weighted by atomic mass is 9.92. The van der Waals surface area contributed by atoms with Crippen LogP contribution in [0.25, 0.3) is 0 Å². The summed E-state index contributed by atoms with van der Waals surface area (Å²) < 4.78 is 0. The van der Waals surface area contributed by atoms with Gasteiger partial charge < -0.3 is 9.80 Å². The zero-order valence-corrected chi connectivity index (χ0v) is 13.0. The van der Waals surface area contributed by atoms with Gasteiger partial charge in [-0.25, -0.2) is 0 Å². The van der Waals surface area contributed by atoms with Crippen LogP contribution in [0, 0.1) is 11.8 Å². The molecule has 4 atom stereocenters. The molecule has 0 radical (unpaired) electrons. The lowest BCUT2D eigenvalue weighted by Crippen LogP contribution is -2.52. The van der Waals surface area contributed by atoms with Crippen LogP contribution in [0.2, 0.25) is 0 Å². The first kappa shape index (κ1) is 14.8. The van der Waals surface area contributed by atoms with Crippen molar-refractivity contribution in [2.45, 2.75) is 58.8 Å². The lowest BCUT2D eigenvalue weighted by Gasteiger charge is -2.41. The van der Waals surface area contributed by atoms with E-state index in [1.807, 2.05) is 0 Å². The third kappa shape index (κ3) is 3.11. The molecule has 2 fully saturated rings. The molecule has 2 aliphatic rings. The Balaban J connectivity index is 2.05. The van der Waals surface area contributed by atoms with E-state index >= 15 is 0 Å². The summed E-state index contributed by atoms with van der Waals surface area (Å²) in [6, 6.07) is 0.435. The smallest absolute Gasteiger partial charge is 0.241 e. The van der Waals surface area contributed by atoms with E-state index in [2.05, 4.69) is 49.9 Å². The van der Waals surface area contributed by atoms with E-state index in [9.17, 15) is 4.79 Å². The summed E-state index contributed by atoms with van der Waals surface area (Å²) >= 11 is 0. The second-order valence-electron chi connectivity index (χ2n) is 6.87. The van der Waals surface area contributed by atoms with Gasteiger partial charge in [-0.1, -0.05) is 20.8 Å². The number of nitrogens with zero attached hydrogens (tertiary/aromatic N) is 2. The van der Waals surface area contributed by atoms with Crippen LogP contribution in [0.4, 0.5) is 0 Å². The Morgan fingerprint density at radius 2 is 2.05 bits per heavy atom. The van der Waals surface area contributed by atoms with Gasteiger partial charge in [0.15, 0.2) is 0 Å². The van der Waals surface area contributed by atoms with E-state index < -0.39 is 0 Å². The molecule has 0 spiro atoms. The number of amides is 1. The minimum atomic E-state index is 0.0295. The highest BCUT2D eigenvalue weighted by Crippen LogP contribution is 2.27. The Morgan fingerprint density at radius 1 is 1.37 bits per heavy atom. The van der Waals surface area contributed by atoms with Crippen molar-refractivity contribution >= 4 is 5.91 Å². The van der Waals surface area contributed by atoms with E-state index in [0.717, 1.165) is 25.9 Å². The van der Waals surface area contributed by atoms with Gasteiger partial charge in [-0.2, -0.15) is 0 Å². The normalized spacial score (nSPS) is 37.4. The second kappa shape index (κ2) is 5.80. The van der Waals surface area contributed by atoms with Crippen molar-refractivity contribution in [1.29, 1.82) is 0 Å². The summed E-state index contributed by atoms with van der Waals surface area (Å²) in [5, 5.41) is 3.48. The Hall–Kier alpha value is -0.610. The van der Waals surface area contributed by atoms with Gasteiger partial charge >= 0.3 is 0 Å². The molecule has 2 aliphatic heterocycles. The lowest BCUT2D eigenvalue weighted by molar-refractivity contribution is -0.134. The van der Waals surface area contributed by atoms with Crippen molar-refractivity contribution in [2.75, 3.05) is 20.1 Å². The van der Waals surface area contributed by atoms with Crippen molar-refractivity contribution in [1.82, 2.24) is 15.1 Å². The van der Waals surface area contributed by atoms with Crippen LogP contribution in [0.15, 0.2) is 0 Å². The molecule has 1 N–H and O–H groups in total. The minimum absolute atomic E-state index is 0.0295. The van der Waals surface area contributed by atoms with Crippen LogP contribution in [-0.4, -0.2) is 54.1 Å². The molecule has 4 heteroatoms. The second-order valence-corrected chi connectivity index (χ2v) is 6.87. The molecule has 0 aliphatic carbocycles. The molecule has 0 saturated carbocycles. The van der Waals surface area contributed by atoms with Gasteiger partial charge in [-0.3, -0.25) is 10.1 Å². The molecule has 1 amide bonds. The standard InChI is InChI=1S/C15H29N3O/c1-10(2)8-13-15(19)18(12(4)16-13)14-6-7-17(5)9-11(14)3/h10-14,16H,6-9H2,1-5H3. The maximum absolute atomic E-state index is 12.6. The van der Waals surface area contributed by atoms with Crippen molar-refractivity contribution in [3.8, 4) is 0 Å². The summed E-state index contributed by atoms with van der Waals surface area (Å²) in [5.74, 6) is 1.44. The van der Waals surface area contributed by atoms with Gasteiger partial charge in [0.1, 0.15) is 0 Å². The highest BCUT2D eigenvalue weighted by molar-refractivity contribution is 5.84. The molecule has 110 valence electrons. The molecule has 2 saturated heterocycles. The van der Waals surface area contributed by atoms with Gasteiger partial charge in [-0.15, -0.1) is 0 Å². The van der Waals surface area contributed by atoms with Crippen LogP contribution in [0.1, 0.15) is 40.5 Å². The maximum Gasteiger partial charge on any atom is 0.241 e. The summed E-state index contributed by atoms with van der Waals surface area (Å²) in [4.78, 5) is 17.1. The molecule has 0 bridgehead atoms. The number of carbonyl (C=O) groups excluding carboxylic acids is 1. The monoisotopic (exact) mass is 267 g/mol. The molecule has 0 aromatic heterocycles. The number of nitrogens with one attached hydrogen (secondary N) is 1. The highest BCUT2D eigenvalue weighted by atomic mass is 16.2. The fourth-order valence-corrected chi connectivity index (χ4v) is 3.66. The first-order valence-electron chi connectivity index (χ1n) is 7.67. The van der Waals surface area contributed by atoms with Crippen LogP contribution < -0.4 is 5.32 Å². The van der Waals surface area contributed by atoms with E-state index in [-0.39, 0.29) is 12.2 Å². The summed E-state index contributed by atoms with van der Waals surface area (Å²) in [5.41, 5.74) is 0. The summed E-state index contributed by atoms with van der Waals surface area (Å²) in [6.45, 7) is 11.0.